The molecule has 0 aliphatic carbocycles. The van der Waals surface area contributed by atoms with Crippen LogP contribution in [0.2, 0.25) is 5.02 Å². The van der Waals surface area contributed by atoms with E-state index in [9.17, 15) is 4.79 Å². The van der Waals surface area contributed by atoms with E-state index in [2.05, 4.69) is 4.98 Å². The summed E-state index contributed by atoms with van der Waals surface area (Å²) in [5, 5.41) is 0.405. The number of hydrogen-bond acceptors (Lipinski definition) is 3. The molecule has 0 atom stereocenters. The molecule has 0 amide bonds. The van der Waals surface area contributed by atoms with Crippen molar-refractivity contribution in [2.24, 2.45) is 0 Å². The van der Waals surface area contributed by atoms with Crippen molar-refractivity contribution in [1.82, 2.24) is 4.98 Å². The second-order valence-corrected chi connectivity index (χ2v) is 2.67. The monoisotopic (exact) mass is 185 g/mol. The summed E-state index contributed by atoms with van der Waals surface area (Å²) in [4.78, 5) is 14.7. The maximum Gasteiger partial charge on any atom is 0.178 e. The maximum absolute atomic E-state index is 10.9. The SMILES string of the molecule is COc1cc(C(C)=O)ncc1Cl. The molecule has 0 bridgehead atoms. The number of carbonyl (C=O) groups excluding carboxylic acids is 1. The molecule has 12 heavy (non-hydrogen) atoms. The van der Waals surface area contributed by atoms with Crippen molar-refractivity contribution in [1.29, 1.82) is 0 Å². The maximum atomic E-state index is 10.9. The average Bonchev–Trinajstić information content (AvgIpc) is 2.05. The zero-order valence-corrected chi connectivity index (χ0v) is 7.55. The number of halogens is 1. The Morgan fingerprint density at radius 1 is 1.67 bits per heavy atom. The van der Waals surface area contributed by atoms with E-state index in [1.54, 1.807) is 0 Å². The second-order valence-electron chi connectivity index (χ2n) is 2.26. The Morgan fingerprint density at radius 2 is 2.33 bits per heavy atom. The third-order valence-electron chi connectivity index (χ3n) is 1.40. The Morgan fingerprint density at radius 3 is 2.83 bits per heavy atom. The lowest BCUT2D eigenvalue weighted by atomic mass is 10.2. The van der Waals surface area contributed by atoms with Crippen LogP contribution in [0.15, 0.2) is 12.3 Å². The molecule has 0 aliphatic rings. The van der Waals surface area contributed by atoms with E-state index in [0.29, 0.717) is 16.5 Å². The lowest BCUT2D eigenvalue weighted by molar-refractivity contribution is 0.101. The largest absolute Gasteiger partial charge is 0.495 e. The third kappa shape index (κ3) is 1.74. The van der Waals surface area contributed by atoms with Crippen LogP contribution in [0.1, 0.15) is 17.4 Å². The van der Waals surface area contributed by atoms with E-state index >= 15 is 0 Å². The summed E-state index contributed by atoms with van der Waals surface area (Å²) in [6.07, 6.45) is 1.40. The highest BCUT2D eigenvalue weighted by Crippen LogP contribution is 2.23. The molecule has 0 aromatic carbocycles. The smallest absolute Gasteiger partial charge is 0.178 e. The topological polar surface area (TPSA) is 39.2 Å². The lowest BCUT2D eigenvalue weighted by Crippen LogP contribution is -1.97. The molecule has 0 aliphatic heterocycles. The van der Waals surface area contributed by atoms with Gasteiger partial charge < -0.3 is 4.74 Å². The van der Waals surface area contributed by atoms with Crippen LogP contribution in [0.4, 0.5) is 0 Å². The lowest BCUT2D eigenvalue weighted by Gasteiger charge is -2.02. The molecule has 1 aromatic rings. The van der Waals surface area contributed by atoms with Crippen LogP contribution in [0.5, 0.6) is 5.75 Å². The first-order valence-electron chi connectivity index (χ1n) is 3.35. The molecule has 0 radical (unpaired) electrons. The van der Waals surface area contributed by atoms with Gasteiger partial charge >= 0.3 is 0 Å². The van der Waals surface area contributed by atoms with Crippen LogP contribution in [0, 0.1) is 0 Å². The van der Waals surface area contributed by atoms with Gasteiger partial charge in [0.25, 0.3) is 0 Å². The standard InChI is InChI=1S/C8H8ClNO2/c1-5(11)7-3-8(12-2)6(9)4-10-7/h3-4H,1-2H3. The number of carbonyl (C=O) groups is 1. The Labute approximate surface area is 75.3 Å². The van der Waals surface area contributed by atoms with E-state index in [-0.39, 0.29) is 5.78 Å². The Balaban J connectivity index is 3.13. The quantitative estimate of drug-likeness (QED) is 0.661. The molecule has 1 aromatic heterocycles. The molecular formula is C8H8ClNO2. The van der Waals surface area contributed by atoms with Gasteiger partial charge in [0.15, 0.2) is 5.78 Å². The molecule has 0 saturated heterocycles. The van der Waals surface area contributed by atoms with Gasteiger partial charge in [-0.15, -0.1) is 0 Å². The highest BCUT2D eigenvalue weighted by Gasteiger charge is 2.05. The van der Waals surface area contributed by atoms with Crippen molar-refractivity contribution in [3.63, 3.8) is 0 Å². The Bertz CT molecular complexity index is 312. The minimum atomic E-state index is -0.107. The minimum Gasteiger partial charge on any atom is -0.495 e. The normalized spacial score (nSPS) is 9.58. The first kappa shape index (κ1) is 9.00. The predicted octanol–water partition coefficient (Wildman–Crippen LogP) is 1.95. The van der Waals surface area contributed by atoms with E-state index in [1.165, 1.54) is 26.3 Å². The summed E-state index contributed by atoms with van der Waals surface area (Å²) in [6, 6.07) is 1.52. The fourth-order valence-electron chi connectivity index (χ4n) is 0.769. The van der Waals surface area contributed by atoms with Crippen molar-refractivity contribution in [3.8, 4) is 5.75 Å². The van der Waals surface area contributed by atoms with Gasteiger partial charge in [-0.1, -0.05) is 11.6 Å². The van der Waals surface area contributed by atoms with Gasteiger partial charge in [0, 0.05) is 13.0 Å². The fraction of sp³-hybridized carbons (Fsp3) is 0.250. The predicted molar refractivity (Wildman–Crippen MR) is 45.8 cm³/mol. The number of methoxy groups -OCH3 is 1. The number of Topliss-reactive ketones (excluding diaryl/α,β-unsaturated/α-hetero) is 1. The van der Waals surface area contributed by atoms with Crippen molar-refractivity contribution in [2.75, 3.05) is 7.11 Å². The molecule has 0 saturated carbocycles. The van der Waals surface area contributed by atoms with Gasteiger partial charge in [0.05, 0.1) is 13.3 Å². The highest BCUT2D eigenvalue weighted by atomic mass is 35.5. The van der Waals surface area contributed by atoms with Crippen molar-refractivity contribution >= 4 is 17.4 Å². The molecule has 3 nitrogen and oxygen atoms in total. The van der Waals surface area contributed by atoms with Crippen LogP contribution < -0.4 is 4.74 Å². The van der Waals surface area contributed by atoms with Crippen molar-refractivity contribution in [3.05, 3.63) is 23.0 Å². The fourth-order valence-corrected chi connectivity index (χ4v) is 0.950. The van der Waals surface area contributed by atoms with E-state index < -0.39 is 0 Å². The van der Waals surface area contributed by atoms with Gasteiger partial charge in [0.2, 0.25) is 0 Å². The van der Waals surface area contributed by atoms with Crippen LogP contribution in [-0.4, -0.2) is 17.9 Å². The van der Waals surface area contributed by atoms with E-state index in [4.69, 9.17) is 16.3 Å². The van der Waals surface area contributed by atoms with Crippen LogP contribution in [0.3, 0.4) is 0 Å². The number of pyridine rings is 1. The zero-order chi connectivity index (χ0) is 9.14. The van der Waals surface area contributed by atoms with Crippen LogP contribution >= 0.6 is 11.6 Å². The van der Waals surface area contributed by atoms with Crippen molar-refractivity contribution < 1.29 is 9.53 Å². The number of hydrogen-bond donors (Lipinski definition) is 0. The summed E-state index contributed by atoms with van der Waals surface area (Å²) >= 11 is 5.70. The summed E-state index contributed by atoms with van der Waals surface area (Å²) in [6.45, 7) is 1.44. The third-order valence-corrected chi connectivity index (χ3v) is 1.68. The molecule has 0 fully saturated rings. The van der Waals surface area contributed by atoms with Crippen molar-refractivity contribution in [2.45, 2.75) is 6.92 Å². The van der Waals surface area contributed by atoms with Crippen LogP contribution in [-0.2, 0) is 0 Å². The second kappa shape index (κ2) is 3.54. The molecule has 0 N–H and O–H groups in total. The van der Waals surface area contributed by atoms with E-state index in [0.717, 1.165) is 0 Å². The van der Waals surface area contributed by atoms with Gasteiger partial charge in [0.1, 0.15) is 16.5 Å². The molecule has 4 heteroatoms. The Hall–Kier alpha value is -1.09. The minimum absolute atomic E-state index is 0.107. The number of nitrogens with zero attached hydrogens (tertiary/aromatic N) is 1. The number of rotatable bonds is 2. The number of ether oxygens (including phenoxy) is 1. The van der Waals surface area contributed by atoms with Gasteiger partial charge in [-0.2, -0.15) is 0 Å². The van der Waals surface area contributed by atoms with E-state index in [1.807, 2.05) is 0 Å². The highest BCUT2D eigenvalue weighted by molar-refractivity contribution is 6.32. The summed E-state index contributed by atoms with van der Waals surface area (Å²) in [5.74, 6) is 0.363. The Kier molecular flexibility index (Phi) is 2.65. The molecule has 0 unspecified atom stereocenters. The van der Waals surface area contributed by atoms with Crippen LogP contribution in [0.25, 0.3) is 0 Å². The summed E-state index contributed by atoms with van der Waals surface area (Å²) < 4.78 is 4.91. The first-order valence-corrected chi connectivity index (χ1v) is 3.73. The molecule has 64 valence electrons. The summed E-state index contributed by atoms with van der Waals surface area (Å²) in [5.41, 5.74) is 0.358. The average molecular weight is 186 g/mol. The molecule has 1 rings (SSSR count). The molecule has 1 heterocycles. The number of ketones is 1. The molecule has 0 spiro atoms. The van der Waals surface area contributed by atoms with Gasteiger partial charge in [-0.25, -0.2) is 0 Å². The van der Waals surface area contributed by atoms with Gasteiger partial charge in [-0.3, -0.25) is 9.78 Å². The molecular weight excluding hydrogens is 178 g/mol. The van der Waals surface area contributed by atoms with Gasteiger partial charge in [-0.05, 0) is 0 Å². The number of aromatic nitrogens is 1. The zero-order valence-electron chi connectivity index (χ0n) is 6.80. The summed E-state index contributed by atoms with van der Waals surface area (Å²) in [7, 11) is 1.49. The first-order chi connectivity index (χ1) is 5.65.